The summed E-state index contributed by atoms with van der Waals surface area (Å²) in [6, 6.07) is 6.53. The molecule has 6 nitrogen and oxygen atoms in total. The fourth-order valence-electron chi connectivity index (χ4n) is 6.67. The van der Waals surface area contributed by atoms with Crippen LogP contribution in [0.5, 0.6) is 0 Å². The molecule has 0 aromatic heterocycles. The average molecular weight is 563 g/mol. The zero-order valence-corrected chi connectivity index (χ0v) is 24.4. The highest BCUT2D eigenvalue weighted by atomic mass is 35.5. The molecule has 210 valence electrons. The minimum absolute atomic E-state index is 0.0982. The number of halogens is 1. The number of carbonyl (C=O) groups excluding carboxylic acids is 1. The highest BCUT2D eigenvalue weighted by molar-refractivity contribution is 7.95. The Morgan fingerprint density at radius 3 is 2.26 bits per heavy atom. The Balaban J connectivity index is 1.34. The summed E-state index contributed by atoms with van der Waals surface area (Å²) >= 11 is 6.05. The first-order chi connectivity index (χ1) is 18.0. The summed E-state index contributed by atoms with van der Waals surface area (Å²) in [7, 11) is -3.61. The van der Waals surface area contributed by atoms with Crippen LogP contribution in [-0.2, 0) is 14.6 Å². The minimum atomic E-state index is -3.61. The second-order valence-electron chi connectivity index (χ2n) is 12.8. The predicted octanol–water partition coefficient (Wildman–Crippen LogP) is 5.30. The van der Waals surface area contributed by atoms with Crippen molar-refractivity contribution in [2.24, 2.45) is 23.2 Å². The van der Waals surface area contributed by atoms with E-state index >= 15 is 0 Å². The number of sulfone groups is 1. The van der Waals surface area contributed by atoms with Crippen LogP contribution in [0.1, 0.15) is 71.6 Å². The number of nitrogens with zero attached hydrogens (tertiary/aromatic N) is 2. The Morgan fingerprint density at radius 2 is 1.68 bits per heavy atom. The van der Waals surface area contributed by atoms with Crippen molar-refractivity contribution >= 4 is 27.3 Å². The molecule has 1 aromatic rings. The number of piperazine rings is 1. The molecule has 0 bridgehead atoms. The molecule has 0 spiro atoms. The molecule has 1 aliphatic heterocycles. The summed E-state index contributed by atoms with van der Waals surface area (Å²) in [4.78, 5) is 18.6. The van der Waals surface area contributed by atoms with Crippen LogP contribution < -0.4 is 0 Å². The molecule has 1 N–H and O–H groups in total. The number of amides is 1. The molecule has 1 heterocycles. The van der Waals surface area contributed by atoms with Gasteiger partial charge in [0, 0.05) is 48.1 Å². The molecule has 1 aromatic carbocycles. The molecular formula is C30H43ClN2O4S. The Bertz CT molecular complexity index is 1150. The third-order valence-corrected chi connectivity index (χ3v) is 11.9. The van der Waals surface area contributed by atoms with E-state index < -0.39 is 9.84 Å². The van der Waals surface area contributed by atoms with Gasteiger partial charge in [0.15, 0.2) is 0 Å². The first-order valence-electron chi connectivity index (χ1n) is 14.4. The van der Waals surface area contributed by atoms with E-state index in [9.17, 15) is 18.3 Å². The Morgan fingerprint density at radius 1 is 1.03 bits per heavy atom. The summed E-state index contributed by atoms with van der Waals surface area (Å²) in [5.74, 6) is 1.39. The van der Waals surface area contributed by atoms with Crippen molar-refractivity contribution in [3.05, 3.63) is 40.3 Å². The number of hydrogen-bond acceptors (Lipinski definition) is 5. The van der Waals surface area contributed by atoms with E-state index in [2.05, 4.69) is 11.0 Å². The maximum atomic E-state index is 13.8. The number of benzene rings is 1. The summed E-state index contributed by atoms with van der Waals surface area (Å²) in [6.07, 6.45) is 10.7. The van der Waals surface area contributed by atoms with Crippen LogP contribution >= 0.6 is 11.6 Å². The normalized spacial score (nSPS) is 26.8. The molecule has 5 rings (SSSR count). The number of allylic oxidation sites excluding steroid dienone is 2. The van der Waals surface area contributed by atoms with Gasteiger partial charge < -0.3 is 10.0 Å². The van der Waals surface area contributed by atoms with Gasteiger partial charge in [0.1, 0.15) is 0 Å². The van der Waals surface area contributed by atoms with Crippen molar-refractivity contribution in [2.45, 2.75) is 82.1 Å². The molecule has 1 amide bonds. The number of aliphatic hydroxyl groups is 1. The van der Waals surface area contributed by atoms with Crippen molar-refractivity contribution in [3.63, 3.8) is 0 Å². The fourth-order valence-corrected chi connectivity index (χ4v) is 8.37. The molecule has 3 fully saturated rings. The van der Waals surface area contributed by atoms with Crippen LogP contribution in [0.3, 0.4) is 0 Å². The van der Waals surface area contributed by atoms with Gasteiger partial charge in [-0.15, -0.1) is 0 Å². The highest BCUT2D eigenvalue weighted by Gasteiger charge is 2.51. The van der Waals surface area contributed by atoms with Crippen LogP contribution in [0.2, 0.25) is 5.02 Å². The molecule has 2 saturated carbocycles. The van der Waals surface area contributed by atoms with Gasteiger partial charge in [-0.2, -0.15) is 0 Å². The summed E-state index contributed by atoms with van der Waals surface area (Å²) in [6.45, 7) is 7.06. The largest absolute Gasteiger partial charge is 0.394 e. The van der Waals surface area contributed by atoms with Gasteiger partial charge in [0.2, 0.25) is 15.7 Å². The van der Waals surface area contributed by atoms with Crippen LogP contribution in [0.15, 0.2) is 40.1 Å². The predicted molar refractivity (Wildman–Crippen MR) is 150 cm³/mol. The average Bonchev–Trinajstić information content (AvgIpc) is 3.81. The molecule has 38 heavy (non-hydrogen) atoms. The highest BCUT2D eigenvalue weighted by Crippen LogP contribution is 2.58. The fraction of sp³-hybridized carbons (Fsp3) is 0.700. The van der Waals surface area contributed by atoms with Gasteiger partial charge >= 0.3 is 0 Å². The first-order valence-corrected chi connectivity index (χ1v) is 16.3. The summed E-state index contributed by atoms with van der Waals surface area (Å²) in [5.41, 5.74) is -0.396. The monoisotopic (exact) mass is 562 g/mol. The Labute approximate surface area is 233 Å². The number of rotatable bonds is 8. The Kier molecular flexibility index (Phi) is 8.05. The standard InChI is InChI=1S/C30H43ClN2O4S/c1-29(2,21-34)33-16-14-32(15-17-33)28(35)20-30(12-13-30)24-5-3-4-23(22-6-7-22)18-27(19-24)38(36,37)26-10-8-25(31)9-11-26/h8-11,19,22-24,34H,3-7,12-18,20-21H2,1-2H3/t23-,24+/m1/s1. The van der Waals surface area contributed by atoms with Crippen LogP contribution in [0.4, 0.5) is 0 Å². The van der Waals surface area contributed by atoms with Gasteiger partial charge in [0.05, 0.1) is 11.5 Å². The van der Waals surface area contributed by atoms with Gasteiger partial charge in [-0.3, -0.25) is 9.69 Å². The lowest BCUT2D eigenvalue weighted by Crippen LogP contribution is -2.57. The summed E-state index contributed by atoms with van der Waals surface area (Å²) < 4.78 is 27.7. The van der Waals surface area contributed by atoms with Gasteiger partial charge in [-0.25, -0.2) is 8.42 Å². The summed E-state index contributed by atoms with van der Waals surface area (Å²) in [5, 5.41) is 10.2. The van der Waals surface area contributed by atoms with Crippen LogP contribution in [0.25, 0.3) is 0 Å². The van der Waals surface area contributed by atoms with Crippen molar-refractivity contribution < 1.29 is 18.3 Å². The van der Waals surface area contributed by atoms with Crippen molar-refractivity contribution in [3.8, 4) is 0 Å². The van der Waals surface area contributed by atoms with Crippen molar-refractivity contribution in [2.75, 3.05) is 32.8 Å². The first kappa shape index (κ1) is 28.1. The van der Waals surface area contributed by atoms with E-state index in [1.165, 1.54) is 12.8 Å². The maximum absolute atomic E-state index is 13.8. The van der Waals surface area contributed by atoms with E-state index in [1.807, 2.05) is 18.7 Å². The molecule has 2 atom stereocenters. The minimum Gasteiger partial charge on any atom is -0.394 e. The third kappa shape index (κ3) is 6.01. The molecule has 0 radical (unpaired) electrons. The van der Waals surface area contributed by atoms with Crippen molar-refractivity contribution in [1.29, 1.82) is 0 Å². The molecule has 3 aliphatic carbocycles. The smallest absolute Gasteiger partial charge is 0.223 e. The zero-order valence-electron chi connectivity index (χ0n) is 22.9. The van der Waals surface area contributed by atoms with E-state index in [1.54, 1.807) is 24.3 Å². The second-order valence-corrected chi connectivity index (χ2v) is 15.2. The molecule has 8 heteroatoms. The zero-order chi connectivity index (χ0) is 27.1. The third-order valence-electron chi connectivity index (χ3n) is 9.76. The number of hydrogen-bond donors (Lipinski definition) is 1. The number of aliphatic hydroxyl groups excluding tert-OH is 1. The molecule has 4 aliphatic rings. The van der Waals surface area contributed by atoms with Gasteiger partial charge in [0.25, 0.3) is 0 Å². The topological polar surface area (TPSA) is 77.9 Å². The molecule has 1 saturated heterocycles. The quantitative estimate of drug-likeness (QED) is 0.465. The SMILES string of the molecule is CC(C)(CO)N1CCN(C(=O)CC2([C@@H]3C=C(S(=O)(=O)c4ccc(Cl)cc4)C[C@H](C4CC4)CCC3)CC2)CC1. The van der Waals surface area contributed by atoms with E-state index in [-0.39, 0.29) is 29.4 Å². The lowest BCUT2D eigenvalue weighted by Gasteiger charge is -2.43. The lowest BCUT2D eigenvalue weighted by molar-refractivity contribution is -0.135. The van der Waals surface area contributed by atoms with Gasteiger partial charge in [-0.1, -0.05) is 24.1 Å². The molecule has 0 unspecified atom stereocenters. The Hall–Kier alpha value is -1.41. The van der Waals surface area contributed by atoms with Crippen LogP contribution in [0, 0.1) is 23.2 Å². The van der Waals surface area contributed by atoms with Crippen LogP contribution in [-0.4, -0.2) is 67.6 Å². The number of carbonyl (C=O) groups is 1. The second kappa shape index (κ2) is 10.9. The van der Waals surface area contributed by atoms with Gasteiger partial charge in [-0.05, 0) is 106 Å². The molecular weight excluding hydrogens is 520 g/mol. The lowest BCUT2D eigenvalue weighted by atomic mass is 9.78. The van der Waals surface area contributed by atoms with E-state index in [4.69, 9.17) is 11.6 Å². The van der Waals surface area contributed by atoms with Crippen molar-refractivity contribution in [1.82, 2.24) is 9.80 Å². The van der Waals surface area contributed by atoms with E-state index in [0.29, 0.717) is 52.6 Å². The van der Waals surface area contributed by atoms with E-state index in [0.717, 1.165) is 45.2 Å². The maximum Gasteiger partial charge on any atom is 0.223 e.